The van der Waals surface area contributed by atoms with Gasteiger partial charge in [-0.15, -0.1) is 0 Å². The van der Waals surface area contributed by atoms with Crippen molar-refractivity contribution in [3.8, 4) is 11.3 Å². The number of para-hydroxylation sites is 1. The lowest BCUT2D eigenvalue weighted by molar-refractivity contribution is -0.384. The number of amides is 1. The number of nitrogens with one attached hydrogen (secondary N) is 2. The molecule has 5 rings (SSSR count). The van der Waals surface area contributed by atoms with Crippen molar-refractivity contribution in [3.63, 3.8) is 0 Å². The van der Waals surface area contributed by atoms with Crippen LogP contribution in [-0.4, -0.2) is 32.4 Å². The van der Waals surface area contributed by atoms with Crippen LogP contribution >= 0.6 is 12.2 Å². The van der Waals surface area contributed by atoms with Gasteiger partial charge in [-0.05, 0) is 54.5 Å². The number of aryl methyl sites for hydroxylation is 1. The molecule has 0 saturated carbocycles. The third-order valence-corrected chi connectivity index (χ3v) is 7.06. The van der Waals surface area contributed by atoms with Crippen LogP contribution in [0.25, 0.3) is 11.3 Å². The van der Waals surface area contributed by atoms with Crippen LogP contribution in [0.15, 0.2) is 89.5 Å². The van der Waals surface area contributed by atoms with Crippen molar-refractivity contribution in [3.05, 3.63) is 112 Å². The number of benzene rings is 2. The number of furan rings is 1. The highest BCUT2D eigenvalue weighted by Crippen LogP contribution is 2.40. The number of hydrogen-bond acceptors (Lipinski definition) is 6. The van der Waals surface area contributed by atoms with Crippen LogP contribution in [0.3, 0.4) is 0 Å². The second-order valence-electron chi connectivity index (χ2n) is 9.14. The molecule has 198 valence electrons. The van der Waals surface area contributed by atoms with Crippen LogP contribution in [0.1, 0.15) is 42.4 Å². The van der Waals surface area contributed by atoms with Crippen molar-refractivity contribution in [1.82, 2.24) is 15.2 Å². The Morgan fingerprint density at radius 3 is 2.72 bits per heavy atom. The molecule has 1 fully saturated rings. The van der Waals surface area contributed by atoms with E-state index in [0.717, 1.165) is 23.4 Å². The molecule has 2 aromatic heterocycles. The fourth-order valence-electron chi connectivity index (χ4n) is 4.78. The Labute approximate surface area is 231 Å². The summed E-state index contributed by atoms with van der Waals surface area (Å²) >= 11 is 5.70. The Kier molecular flexibility index (Phi) is 7.64. The number of non-ortho nitro benzene ring substituents is 1. The molecule has 1 amide bonds. The van der Waals surface area contributed by atoms with E-state index in [2.05, 4.69) is 15.6 Å². The molecule has 2 N–H and O–H groups in total. The van der Waals surface area contributed by atoms with E-state index in [1.807, 2.05) is 60.4 Å². The fraction of sp³-hybridized carbons (Fsp3) is 0.207. The molecule has 1 aliphatic heterocycles. The van der Waals surface area contributed by atoms with E-state index in [1.54, 1.807) is 24.4 Å². The molecule has 0 radical (unpaired) electrons. The third kappa shape index (κ3) is 5.65. The SMILES string of the molecule is CCc1ccccc1NC(=O)CCN1C(=S)N[C@H](c2ccccn2)[C@H]1c1ccc(-c2cccc([N+](=O)[O-])c2)o1. The predicted molar refractivity (Wildman–Crippen MR) is 152 cm³/mol. The molecule has 10 heteroatoms. The normalized spacial score (nSPS) is 16.6. The number of thiocarbonyl (C=S) groups is 1. The largest absolute Gasteiger partial charge is 0.459 e. The maximum absolute atomic E-state index is 12.9. The molecular weight excluding hydrogens is 514 g/mol. The minimum absolute atomic E-state index is 0.0159. The number of carbonyl (C=O) groups is 1. The van der Waals surface area contributed by atoms with E-state index in [0.29, 0.717) is 28.7 Å². The zero-order chi connectivity index (χ0) is 27.4. The second-order valence-corrected chi connectivity index (χ2v) is 9.53. The van der Waals surface area contributed by atoms with Crippen LogP contribution in [0.4, 0.5) is 11.4 Å². The van der Waals surface area contributed by atoms with E-state index >= 15 is 0 Å². The van der Waals surface area contributed by atoms with Gasteiger partial charge in [0.25, 0.3) is 5.69 Å². The number of hydrogen-bond donors (Lipinski definition) is 2. The summed E-state index contributed by atoms with van der Waals surface area (Å²) in [6.07, 6.45) is 2.74. The molecule has 39 heavy (non-hydrogen) atoms. The summed E-state index contributed by atoms with van der Waals surface area (Å²) in [6.45, 7) is 2.40. The van der Waals surface area contributed by atoms with Gasteiger partial charge in [-0.1, -0.05) is 43.3 Å². The smallest absolute Gasteiger partial charge is 0.270 e. The van der Waals surface area contributed by atoms with Crippen molar-refractivity contribution in [2.24, 2.45) is 0 Å². The van der Waals surface area contributed by atoms with Gasteiger partial charge in [-0.2, -0.15) is 0 Å². The molecule has 0 spiro atoms. The minimum Gasteiger partial charge on any atom is -0.459 e. The third-order valence-electron chi connectivity index (χ3n) is 6.71. The molecule has 0 aliphatic carbocycles. The lowest BCUT2D eigenvalue weighted by atomic mass is 10.0. The quantitative estimate of drug-likeness (QED) is 0.155. The van der Waals surface area contributed by atoms with Gasteiger partial charge in [0.05, 0.1) is 16.7 Å². The van der Waals surface area contributed by atoms with Gasteiger partial charge in [0.1, 0.15) is 17.6 Å². The number of carbonyl (C=O) groups excluding carboxylic acids is 1. The monoisotopic (exact) mass is 541 g/mol. The van der Waals surface area contributed by atoms with E-state index < -0.39 is 4.92 Å². The summed E-state index contributed by atoms with van der Waals surface area (Å²) in [7, 11) is 0. The van der Waals surface area contributed by atoms with Crippen molar-refractivity contribution in [1.29, 1.82) is 0 Å². The molecule has 1 aliphatic rings. The van der Waals surface area contributed by atoms with Gasteiger partial charge in [0, 0.05) is 42.5 Å². The average molecular weight is 542 g/mol. The van der Waals surface area contributed by atoms with Gasteiger partial charge < -0.3 is 20.0 Å². The molecule has 0 bridgehead atoms. The van der Waals surface area contributed by atoms with Crippen LogP contribution in [0.2, 0.25) is 0 Å². The first-order chi connectivity index (χ1) is 18.9. The topological polar surface area (TPSA) is 114 Å². The van der Waals surface area contributed by atoms with Gasteiger partial charge >= 0.3 is 0 Å². The first kappa shape index (κ1) is 26.1. The van der Waals surface area contributed by atoms with E-state index in [1.165, 1.54) is 12.1 Å². The van der Waals surface area contributed by atoms with Crippen molar-refractivity contribution < 1.29 is 14.1 Å². The predicted octanol–water partition coefficient (Wildman–Crippen LogP) is 5.81. The summed E-state index contributed by atoms with van der Waals surface area (Å²) in [5.41, 5.74) is 3.24. The average Bonchev–Trinajstić information content (AvgIpc) is 3.57. The Balaban J connectivity index is 1.41. The Morgan fingerprint density at radius 2 is 1.95 bits per heavy atom. The minimum atomic E-state index is -0.435. The van der Waals surface area contributed by atoms with Crippen molar-refractivity contribution >= 4 is 34.6 Å². The fourth-order valence-corrected chi connectivity index (χ4v) is 5.11. The number of nitrogens with zero attached hydrogens (tertiary/aromatic N) is 3. The highest BCUT2D eigenvalue weighted by atomic mass is 32.1. The van der Waals surface area contributed by atoms with Crippen molar-refractivity contribution in [2.45, 2.75) is 31.8 Å². The molecule has 2 atom stereocenters. The molecule has 0 unspecified atom stereocenters. The zero-order valence-corrected chi connectivity index (χ0v) is 22.1. The molecule has 3 heterocycles. The van der Waals surface area contributed by atoms with Crippen LogP contribution < -0.4 is 10.6 Å². The summed E-state index contributed by atoms with van der Waals surface area (Å²) in [6, 6.07) is 22.7. The summed E-state index contributed by atoms with van der Waals surface area (Å²) < 4.78 is 6.26. The lowest BCUT2D eigenvalue weighted by Gasteiger charge is -2.26. The Hall–Kier alpha value is -4.57. The molecule has 9 nitrogen and oxygen atoms in total. The Bertz CT molecular complexity index is 1510. The van der Waals surface area contributed by atoms with Crippen LogP contribution in [0, 0.1) is 10.1 Å². The number of anilines is 1. The number of aromatic nitrogens is 1. The highest BCUT2D eigenvalue weighted by molar-refractivity contribution is 7.80. The zero-order valence-electron chi connectivity index (χ0n) is 21.2. The maximum atomic E-state index is 12.9. The van der Waals surface area contributed by atoms with Gasteiger partial charge in [0.15, 0.2) is 5.11 Å². The van der Waals surface area contributed by atoms with Crippen LogP contribution in [0.5, 0.6) is 0 Å². The second kappa shape index (κ2) is 11.4. The van der Waals surface area contributed by atoms with E-state index in [9.17, 15) is 14.9 Å². The maximum Gasteiger partial charge on any atom is 0.270 e. The van der Waals surface area contributed by atoms with Gasteiger partial charge in [-0.3, -0.25) is 19.9 Å². The summed E-state index contributed by atoms with van der Waals surface area (Å²) in [5, 5.41) is 18.1. The van der Waals surface area contributed by atoms with Gasteiger partial charge in [-0.25, -0.2) is 0 Å². The number of rotatable bonds is 9. The first-order valence-electron chi connectivity index (χ1n) is 12.6. The van der Waals surface area contributed by atoms with E-state index in [4.69, 9.17) is 16.6 Å². The lowest BCUT2D eigenvalue weighted by Crippen LogP contribution is -2.32. The van der Waals surface area contributed by atoms with Crippen LogP contribution in [-0.2, 0) is 11.2 Å². The molecule has 4 aromatic rings. The summed E-state index contributed by atoms with van der Waals surface area (Å²) in [4.78, 5) is 30.2. The summed E-state index contributed by atoms with van der Waals surface area (Å²) in [5.74, 6) is 0.992. The van der Waals surface area contributed by atoms with Gasteiger partial charge in [0.2, 0.25) is 5.91 Å². The highest BCUT2D eigenvalue weighted by Gasteiger charge is 2.41. The molecular formula is C29H27N5O4S. The number of pyridine rings is 1. The first-order valence-corrected chi connectivity index (χ1v) is 13.1. The molecule has 2 aromatic carbocycles. The van der Waals surface area contributed by atoms with Crippen molar-refractivity contribution in [2.75, 3.05) is 11.9 Å². The number of nitro benzene ring substituents is 1. The number of nitro groups is 1. The Morgan fingerprint density at radius 1 is 1.13 bits per heavy atom. The van der Waals surface area contributed by atoms with E-state index in [-0.39, 0.29) is 30.1 Å². The molecule has 1 saturated heterocycles. The standard InChI is InChI=1S/C29H27N5O4S/c1-2-19-8-3-4-11-22(19)31-26(35)15-17-33-28(27(32-29(33)39)23-12-5-6-16-30-23)25-14-13-24(38-25)20-9-7-10-21(18-20)34(36)37/h3-14,16,18,27-28H,2,15,17H2,1H3,(H,31,35)(H,32,39)/t27-,28-/m1/s1.